The summed E-state index contributed by atoms with van der Waals surface area (Å²) in [6.45, 7) is 0. The van der Waals surface area contributed by atoms with Crippen LogP contribution in [-0.2, 0) is 0 Å². The van der Waals surface area contributed by atoms with E-state index >= 15 is 0 Å². The van der Waals surface area contributed by atoms with Gasteiger partial charge in [0.25, 0.3) is 0 Å². The van der Waals surface area contributed by atoms with Gasteiger partial charge in [0.15, 0.2) is 3.83 Å². The minimum Gasteiger partial charge on any atom is -0.230 e. The Morgan fingerprint density at radius 3 is 2.93 bits per heavy atom. The first kappa shape index (κ1) is 8.55. The lowest BCUT2D eigenvalue weighted by Crippen LogP contribution is -1.83. The summed E-state index contributed by atoms with van der Waals surface area (Å²) < 4.78 is 3.24. The van der Waals surface area contributed by atoms with Crippen molar-refractivity contribution in [1.82, 2.24) is 9.97 Å². The number of fused-ring (bicyclic) bond motifs is 3. The maximum Gasteiger partial charge on any atom is 0.191 e. The first-order chi connectivity index (χ1) is 6.84. The first-order valence-corrected chi connectivity index (χ1v) is 6.04. The Morgan fingerprint density at radius 1 is 1.14 bits per heavy atom. The van der Waals surface area contributed by atoms with Crippen LogP contribution in [0.3, 0.4) is 0 Å². The number of benzene rings is 1. The molecular weight excluding hydrogens is 307 g/mol. The van der Waals surface area contributed by atoms with Crippen LogP contribution in [0.4, 0.5) is 0 Å². The Kier molecular flexibility index (Phi) is 1.91. The molecule has 0 atom stereocenters. The first-order valence-electron chi connectivity index (χ1n) is 4.14. The fraction of sp³-hybridized carbons (Fsp3) is 0. The average molecular weight is 312 g/mol. The fourth-order valence-electron chi connectivity index (χ4n) is 1.49. The summed E-state index contributed by atoms with van der Waals surface area (Å²) in [5, 5.41) is 1.23. The van der Waals surface area contributed by atoms with E-state index in [9.17, 15) is 0 Å². The van der Waals surface area contributed by atoms with Gasteiger partial charge in [-0.05, 0) is 6.07 Å². The Balaban J connectivity index is 2.58. The van der Waals surface area contributed by atoms with E-state index in [0.717, 1.165) is 14.0 Å². The van der Waals surface area contributed by atoms with E-state index < -0.39 is 0 Å². The molecule has 2 nitrogen and oxygen atoms in total. The van der Waals surface area contributed by atoms with E-state index in [2.05, 4.69) is 50.8 Å². The van der Waals surface area contributed by atoms with Gasteiger partial charge >= 0.3 is 0 Å². The summed E-state index contributed by atoms with van der Waals surface area (Å²) in [4.78, 5) is 8.64. The molecule has 0 N–H and O–H groups in total. The Hall–Kier alpha value is -0.750. The molecule has 0 saturated carbocycles. The van der Waals surface area contributed by atoms with Crippen molar-refractivity contribution in [3.8, 4) is 0 Å². The van der Waals surface area contributed by atoms with Crippen LogP contribution < -0.4 is 0 Å². The van der Waals surface area contributed by atoms with Gasteiger partial charge < -0.3 is 0 Å². The van der Waals surface area contributed by atoms with Crippen molar-refractivity contribution in [2.24, 2.45) is 0 Å². The largest absolute Gasteiger partial charge is 0.230 e. The van der Waals surface area contributed by atoms with E-state index in [4.69, 9.17) is 0 Å². The molecule has 0 aliphatic heterocycles. The second-order valence-corrected chi connectivity index (χ2v) is 5.00. The summed E-state index contributed by atoms with van der Waals surface area (Å²) in [5.74, 6) is 0. The second kappa shape index (κ2) is 3.13. The average Bonchev–Trinajstić information content (AvgIpc) is 2.56. The highest BCUT2D eigenvalue weighted by Crippen LogP contribution is 2.31. The van der Waals surface area contributed by atoms with Crippen molar-refractivity contribution in [2.75, 3.05) is 0 Å². The second-order valence-electron chi connectivity index (χ2n) is 2.95. The van der Waals surface area contributed by atoms with Crippen molar-refractivity contribution in [2.45, 2.75) is 0 Å². The molecule has 0 unspecified atom stereocenters. The summed E-state index contributed by atoms with van der Waals surface area (Å²) >= 11 is 3.88. The van der Waals surface area contributed by atoms with Crippen LogP contribution in [-0.4, -0.2) is 9.97 Å². The Bertz CT molecular complexity index is 618. The highest BCUT2D eigenvalue weighted by molar-refractivity contribution is 14.1. The topological polar surface area (TPSA) is 25.8 Å². The van der Waals surface area contributed by atoms with Gasteiger partial charge in [0.05, 0.1) is 10.2 Å². The monoisotopic (exact) mass is 312 g/mol. The molecule has 4 heteroatoms. The van der Waals surface area contributed by atoms with Gasteiger partial charge in [-0.25, -0.2) is 9.97 Å². The third-order valence-corrected chi connectivity index (χ3v) is 3.70. The highest BCUT2D eigenvalue weighted by atomic mass is 127. The molecule has 2 aromatic heterocycles. The van der Waals surface area contributed by atoms with E-state index in [0.29, 0.717) is 0 Å². The lowest BCUT2D eigenvalue weighted by atomic mass is 10.2. The molecule has 68 valence electrons. The number of thiophene rings is 1. The molecule has 3 aromatic rings. The number of aromatic nitrogens is 2. The molecule has 0 spiro atoms. The zero-order chi connectivity index (χ0) is 9.54. The van der Waals surface area contributed by atoms with Crippen LogP contribution in [0, 0.1) is 3.83 Å². The molecule has 0 radical (unpaired) electrons. The normalized spacial score (nSPS) is 11.2. The standard InChI is InChI=1S/C10H5IN2S/c11-10-12-5-8-9(13-10)6-3-1-2-4-7(6)14-8/h1-5H. The van der Waals surface area contributed by atoms with Crippen molar-refractivity contribution in [3.05, 3.63) is 34.3 Å². The third-order valence-electron chi connectivity index (χ3n) is 2.09. The van der Waals surface area contributed by atoms with Crippen molar-refractivity contribution >= 4 is 54.2 Å². The Morgan fingerprint density at radius 2 is 2.00 bits per heavy atom. The molecule has 2 heterocycles. The minimum atomic E-state index is 0.804. The van der Waals surface area contributed by atoms with E-state index in [1.807, 2.05) is 12.3 Å². The molecule has 0 amide bonds. The maximum absolute atomic E-state index is 4.45. The predicted molar refractivity (Wildman–Crippen MR) is 67.6 cm³/mol. The highest BCUT2D eigenvalue weighted by Gasteiger charge is 2.05. The van der Waals surface area contributed by atoms with Crippen LogP contribution in [0.2, 0.25) is 0 Å². The van der Waals surface area contributed by atoms with Crippen LogP contribution in [0.5, 0.6) is 0 Å². The van der Waals surface area contributed by atoms with Gasteiger partial charge in [-0.3, -0.25) is 0 Å². The number of hydrogen-bond acceptors (Lipinski definition) is 3. The lowest BCUT2D eigenvalue weighted by molar-refractivity contribution is 1.16. The lowest BCUT2D eigenvalue weighted by Gasteiger charge is -1.90. The molecule has 0 aliphatic rings. The van der Waals surface area contributed by atoms with E-state index in [1.165, 1.54) is 10.1 Å². The smallest absolute Gasteiger partial charge is 0.191 e. The molecule has 0 saturated heterocycles. The van der Waals surface area contributed by atoms with Crippen molar-refractivity contribution < 1.29 is 0 Å². The summed E-state index contributed by atoms with van der Waals surface area (Å²) in [6, 6.07) is 8.32. The minimum absolute atomic E-state index is 0.804. The van der Waals surface area contributed by atoms with Gasteiger partial charge in [-0.2, -0.15) is 0 Å². The molecule has 3 rings (SSSR count). The van der Waals surface area contributed by atoms with Gasteiger partial charge in [0.2, 0.25) is 0 Å². The quantitative estimate of drug-likeness (QED) is 0.469. The van der Waals surface area contributed by atoms with Crippen LogP contribution in [0.15, 0.2) is 30.5 Å². The van der Waals surface area contributed by atoms with Crippen molar-refractivity contribution in [3.63, 3.8) is 0 Å². The third kappa shape index (κ3) is 1.21. The van der Waals surface area contributed by atoms with E-state index in [-0.39, 0.29) is 0 Å². The number of nitrogens with zero attached hydrogens (tertiary/aromatic N) is 2. The van der Waals surface area contributed by atoms with Gasteiger partial charge in [0, 0.05) is 38.9 Å². The number of hydrogen-bond donors (Lipinski definition) is 0. The molecule has 1 aromatic carbocycles. The summed E-state index contributed by atoms with van der Waals surface area (Å²) in [5.41, 5.74) is 1.07. The van der Waals surface area contributed by atoms with Gasteiger partial charge in [0.1, 0.15) is 0 Å². The molecule has 0 fully saturated rings. The zero-order valence-corrected chi connectivity index (χ0v) is 10.0. The van der Waals surface area contributed by atoms with Crippen LogP contribution in [0.1, 0.15) is 0 Å². The predicted octanol–water partition coefficient (Wildman–Crippen LogP) is 3.45. The molecular formula is C10H5IN2S. The zero-order valence-electron chi connectivity index (χ0n) is 7.07. The fourth-order valence-corrected chi connectivity index (χ4v) is 2.88. The number of halogens is 1. The van der Waals surface area contributed by atoms with Crippen LogP contribution >= 0.6 is 33.9 Å². The molecule has 0 aliphatic carbocycles. The molecule has 0 bridgehead atoms. The number of rotatable bonds is 0. The maximum atomic E-state index is 4.45. The van der Waals surface area contributed by atoms with Crippen molar-refractivity contribution in [1.29, 1.82) is 0 Å². The summed E-state index contributed by atoms with van der Waals surface area (Å²) in [7, 11) is 0. The summed E-state index contributed by atoms with van der Waals surface area (Å²) in [6.07, 6.45) is 1.90. The van der Waals surface area contributed by atoms with Gasteiger partial charge in [-0.15, -0.1) is 11.3 Å². The van der Waals surface area contributed by atoms with E-state index in [1.54, 1.807) is 11.3 Å². The van der Waals surface area contributed by atoms with Gasteiger partial charge in [-0.1, -0.05) is 18.2 Å². The van der Waals surface area contributed by atoms with Crippen LogP contribution in [0.25, 0.3) is 20.3 Å². The Labute approximate surface area is 98.1 Å². The molecule has 14 heavy (non-hydrogen) atoms. The SMILES string of the molecule is Ic1ncc2sc3ccccc3c2n1.